The highest BCUT2D eigenvalue weighted by molar-refractivity contribution is 6.01. The molecular formula is C11H14N4O2. The summed E-state index contributed by atoms with van der Waals surface area (Å²) in [6.07, 6.45) is 4.53. The SMILES string of the molecule is CCCCc1cc(NC(=O)c2ccn[nH]2)on1. The summed E-state index contributed by atoms with van der Waals surface area (Å²) < 4.78 is 5.01. The predicted octanol–water partition coefficient (Wildman–Crippen LogP) is 1.99. The van der Waals surface area contributed by atoms with Crippen molar-refractivity contribution in [2.45, 2.75) is 26.2 Å². The van der Waals surface area contributed by atoms with Gasteiger partial charge in [0.1, 0.15) is 5.69 Å². The highest BCUT2D eigenvalue weighted by atomic mass is 16.5. The second-order valence-corrected chi connectivity index (χ2v) is 3.71. The lowest BCUT2D eigenvalue weighted by atomic mass is 10.2. The van der Waals surface area contributed by atoms with E-state index in [2.05, 4.69) is 27.6 Å². The van der Waals surface area contributed by atoms with E-state index < -0.39 is 0 Å². The van der Waals surface area contributed by atoms with Crippen molar-refractivity contribution in [3.63, 3.8) is 0 Å². The molecule has 2 N–H and O–H groups in total. The molecule has 0 saturated carbocycles. The Morgan fingerprint density at radius 3 is 3.18 bits per heavy atom. The van der Waals surface area contributed by atoms with E-state index in [1.54, 1.807) is 12.1 Å². The maximum absolute atomic E-state index is 11.6. The number of aromatic nitrogens is 3. The van der Waals surface area contributed by atoms with Crippen LogP contribution in [0.15, 0.2) is 22.9 Å². The molecule has 2 rings (SSSR count). The molecule has 0 aliphatic heterocycles. The van der Waals surface area contributed by atoms with Crippen LogP contribution in [0.5, 0.6) is 0 Å². The van der Waals surface area contributed by atoms with E-state index in [1.165, 1.54) is 6.20 Å². The average Bonchev–Trinajstić information content (AvgIpc) is 2.97. The molecule has 0 atom stereocenters. The lowest BCUT2D eigenvalue weighted by Gasteiger charge is -1.96. The molecule has 0 saturated heterocycles. The van der Waals surface area contributed by atoms with Crippen molar-refractivity contribution in [1.82, 2.24) is 15.4 Å². The fraction of sp³-hybridized carbons (Fsp3) is 0.364. The molecule has 0 unspecified atom stereocenters. The van der Waals surface area contributed by atoms with E-state index in [0.717, 1.165) is 25.0 Å². The lowest BCUT2D eigenvalue weighted by Crippen LogP contribution is -2.11. The number of amides is 1. The molecule has 6 heteroatoms. The molecule has 0 radical (unpaired) electrons. The third kappa shape index (κ3) is 2.93. The second kappa shape index (κ2) is 5.29. The standard InChI is InChI=1S/C11H14N4O2/c1-2-3-4-8-7-10(17-15-8)13-11(16)9-5-6-12-14-9/h5-7H,2-4H2,1H3,(H,12,14)(H,13,16). The van der Waals surface area contributed by atoms with Crippen LogP contribution in [0.25, 0.3) is 0 Å². The number of carbonyl (C=O) groups is 1. The molecule has 0 spiro atoms. The van der Waals surface area contributed by atoms with Crippen LogP contribution in [0.4, 0.5) is 5.88 Å². The van der Waals surface area contributed by atoms with Gasteiger partial charge in [0.25, 0.3) is 5.91 Å². The van der Waals surface area contributed by atoms with Crippen LogP contribution in [0.2, 0.25) is 0 Å². The molecule has 2 heterocycles. The Morgan fingerprint density at radius 2 is 2.47 bits per heavy atom. The van der Waals surface area contributed by atoms with Crippen LogP contribution in [0.3, 0.4) is 0 Å². The summed E-state index contributed by atoms with van der Waals surface area (Å²) in [5.74, 6) is 0.0661. The van der Waals surface area contributed by atoms with E-state index >= 15 is 0 Å². The summed E-state index contributed by atoms with van der Waals surface area (Å²) in [6.45, 7) is 2.11. The number of aromatic amines is 1. The summed E-state index contributed by atoms with van der Waals surface area (Å²) >= 11 is 0. The zero-order chi connectivity index (χ0) is 12.1. The van der Waals surface area contributed by atoms with Gasteiger partial charge in [-0.2, -0.15) is 5.10 Å². The summed E-state index contributed by atoms with van der Waals surface area (Å²) in [5.41, 5.74) is 1.24. The van der Waals surface area contributed by atoms with Crippen LogP contribution in [-0.4, -0.2) is 21.3 Å². The Hall–Kier alpha value is -2.11. The summed E-state index contributed by atoms with van der Waals surface area (Å²) in [7, 11) is 0. The first kappa shape index (κ1) is 11.4. The zero-order valence-electron chi connectivity index (χ0n) is 9.56. The minimum absolute atomic E-state index is 0.291. The van der Waals surface area contributed by atoms with Crippen molar-refractivity contribution in [2.24, 2.45) is 0 Å². The molecular weight excluding hydrogens is 220 g/mol. The van der Waals surface area contributed by atoms with Gasteiger partial charge in [-0.05, 0) is 18.9 Å². The molecule has 2 aromatic rings. The molecule has 90 valence electrons. The van der Waals surface area contributed by atoms with Crippen LogP contribution in [-0.2, 0) is 6.42 Å². The van der Waals surface area contributed by atoms with Crippen molar-refractivity contribution in [3.05, 3.63) is 29.7 Å². The highest BCUT2D eigenvalue weighted by Gasteiger charge is 2.10. The van der Waals surface area contributed by atoms with Crippen molar-refractivity contribution in [3.8, 4) is 0 Å². The minimum atomic E-state index is -0.291. The molecule has 0 aromatic carbocycles. The molecule has 17 heavy (non-hydrogen) atoms. The van der Waals surface area contributed by atoms with Gasteiger partial charge in [0, 0.05) is 12.3 Å². The van der Waals surface area contributed by atoms with Crippen LogP contribution in [0.1, 0.15) is 35.9 Å². The second-order valence-electron chi connectivity index (χ2n) is 3.71. The number of rotatable bonds is 5. The molecule has 6 nitrogen and oxygen atoms in total. The van der Waals surface area contributed by atoms with Gasteiger partial charge in [0.15, 0.2) is 0 Å². The third-order valence-electron chi connectivity index (χ3n) is 2.33. The van der Waals surface area contributed by atoms with E-state index in [1.807, 2.05) is 0 Å². The summed E-state index contributed by atoms with van der Waals surface area (Å²) in [6, 6.07) is 3.33. The molecule has 0 aliphatic rings. The first-order valence-corrected chi connectivity index (χ1v) is 5.56. The van der Waals surface area contributed by atoms with Gasteiger partial charge < -0.3 is 4.52 Å². The van der Waals surface area contributed by atoms with Crippen LogP contribution >= 0.6 is 0 Å². The largest absolute Gasteiger partial charge is 0.338 e. The van der Waals surface area contributed by atoms with Gasteiger partial charge in [-0.3, -0.25) is 15.2 Å². The summed E-state index contributed by atoms with van der Waals surface area (Å²) in [5, 5.41) is 12.7. The fourth-order valence-electron chi connectivity index (χ4n) is 1.41. The maximum atomic E-state index is 11.6. The van der Waals surface area contributed by atoms with Gasteiger partial charge in [-0.25, -0.2) is 0 Å². The number of hydrogen-bond acceptors (Lipinski definition) is 4. The lowest BCUT2D eigenvalue weighted by molar-refractivity contribution is 0.101. The topological polar surface area (TPSA) is 83.8 Å². The first-order valence-electron chi connectivity index (χ1n) is 5.56. The fourth-order valence-corrected chi connectivity index (χ4v) is 1.41. The Bertz CT molecular complexity index is 475. The number of H-pyrrole nitrogens is 1. The molecule has 1 amide bonds. The zero-order valence-corrected chi connectivity index (χ0v) is 9.56. The van der Waals surface area contributed by atoms with Gasteiger partial charge in [-0.15, -0.1) is 0 Å². The molecule has 0 aliphatic carbocycles. The number of hydrogen-bond donors (Lipinski definition) is 2. The predicted molar refractivity (Wildman–Crippen MR) is 61.7 cm³/mol. The van der Waals surface area contributed by atoms with E-state index in [-0.39, 0.29) is 5.91 Å². The Kier molecular flexibility index (Phi) is 3.54. The first-order chi connectivity index (χ1) is 8.29. The molecule has 0 fully saturated rings. The number of anilines is 1. The number of nitrogens with one attached hydrogen (secondary N) is 2. The Labute approximate surface area is 98.4 Å². The van der Waals surface area contributed by atoms with Gasteiger partial charge in [-0.1, -0.05) is 18.5 Å². The van der Waals surface area contributed by atoms with Crippen LogP contribution in [0, 0.1) is 0 Å². The van der Waals surface area contributed by atoms with Gasteiger partial charge in [0.05, 0.1) is 5.69 Å². The Morgan fingerprint density at radius 1 is 1.59 bits per heavy atom. The number of aryl methyl sites for hydroxylation is 1. The monoisotopic (exact) mass is 234 g/mol. The third-order valence-corrected chi connectivity index (χ3v) is 2.33. The molecule has 0 bridgehead atoms. The van der Waals surface area contributed by atoms with E-state index in [0.29, 0.717) is 11.6 Å². The van der Waals surface area contributed by atoms with E-state index in [4.69, 9.17) is 4.52 Å². The Balaban J connectivity index is 1.95. The summed E-state index contributed by atoms with van der Waals surface area (Å²) in [4.78, 5) is 11.6. The maximum Gasteiger partial charge on any atom is 0.276 e. The normalized spacial score (nSPS) is 10.4. The van der Waals surface area contributed by atoms with Crippen molar-refractivity contribution in [1.29, 1.82) is 0 Å². The van der Waals surface area contributed by atoms with E-state index in [9.17, 15) is 4.79 Å². The van der Waals surface area contributed by atoms with Crippen molar-refractivity contribution < 1.29 is 9.32 Å². The smallest absolute Gasteiger partial charge is 0.276 e. The highest BCUT2D eigenvalue weighted by Crippen LogP contribution is 2.12. The van der Waals surface area contributed by atoms with Gasteiger partial charge in [0.2, 0.25) is 5.88 Å². The number of carbonyl (C=O) groups excluding carboxylic acids is 1. The van der Waals surface area contributed by atoms with Gasteiger partial charge >= 0.3 is 0 Å². The van der Waals surface area contributed by atoms with Crippen LogP contribution < -0.4 is 5.32 Å². The minimum Gasteiger partial charge on any atom is -0.338 e. The quantitative estimate of drug-likeness (QED) is 0.828. The van der Waals surface area contributed by atoms with Crippen molar-refractivity contribution in [2.75, 3.05) is 5.32 Å². The van der Waals surface area contributed by atoms with Crippen molar-refractivity contribution >= 4 is 11.8 Å². The average molecular weight is 234 g/mol. The number of unbranched alkanes of at least 4 members (excludes halogenated alkanes) is 1. The number of nitrogens with zero attached hydrogens (tertiary/aromatic N) is 2. The molecule has 2 aromatic heterocycles.